The van der Waals surface area contributed by atoms with Gasteiger partial charge >= 0.3 is 0 Å². The zero-order valence-electron chi connectivity index (χ0n) is 10.5. The van der Waals surface area contributed by atoms with Crippen LogP contribution in [-0.2, 0) is 4.79 Å². The van der Waals surface area contributed by atoms with Gasteiger partial charge in [0, 0.05) is 31.0 Å². The largest absolute Gasteiger partial charge is 0.370 e. The van der Waals surface area contributed by atoms with Crippen molar-refractivity contribution in [1.29, 1.82) is 0 Å². The van der Waals surface area contributed by atoms with Crippen LogP contribution in [0.2, 0.25) is 0 Å². The number of carbonyl (C=O) groups excluding carboxylic acids is 2. The lowest BCUT2D eigenvalue weighted by Gasteiger charge is -2.40. The number of carbonyl (C=O) groups is 2. The lowest BCUT2D eigenvalue weighted by Crippen LogP contribution is -2.54. The Bertz CT molecular complexity index is 521. The van der Waals surface area contributed by atoms with Crippen LogP contribution in [0.1, 0.15) is 23.3 Å². The van der Waals surface area contributed by atoms with E-state index in [1.54, 1.807) is 12.3 Å². The molecule has 2 fully saturated rings. The van der Waals surface area contributed by atoms with Gasteiger partial charge in [-0.3, -0.25) is 14.6 Å². The molecule has 0 unspecified atom stereocenters. The number of anilines is 1. The molecule has 19 heavy (non-hydrogen) atoms. The topological polar surface area (TPSA) is 88.3 Å². The second-order valence-corrected chi connectivity index (χ2v) is 5.15. The molecule has 2 heterocycles. The van der Waals surface area contributed by atoms with Gasteiger partial charge in [-0.25, -0.2) is 0 Å². The van der Waals surface area contributed by atoms with Gasteiger partial charge in [0.05, 0.1) is 5.92 Å². The molecule has 3 N–H and O–H groups in total. The van der Waals surface area contributed by atoms with Crippen LogP contribution in [0, 0.1) is 5.92 Å². The minimum absolute atomic E-state index is 0.0470. The summed E-state index contributed by atoms with van der Waals surface area (Å²) in [7, 11) is 0. The third-order valence-electron chi connectivity index (χ3n) is 3.54. The van der Waals surface area contributed by atoms with E-state index in [0.29, 0.717) is 19.1 Å². The highest BCUT2D eigenvalue weighted by atomic mass is 16.2. The third kappa shape index (κ3) is 2.52. The van der Waals surface area contributed by atoms with Gasteiger partial charge in [0.25, 0.3) is 5.91 Å². The van der Waals surface area contributed by atoms with Crippen molar-refractivity contribution in [3.8, 4) is 0 Å². The Balaban J connectivity index is 1.58. The van der Waals surface area contributed by atoms with Crippen LogP contribution in [-0.4, -0.2) is 35.9 Å². The average molecular weight is 260 g/mol. The standard InChI is InChI=1S/C13H16N4O2/c14-12(18)11-5-10(3-4-15-11)17-6-8(7-17)13(19)16-9-1-2-9/h3-5,8-9H,1-2,6-7H2,(H2,14,18)(H,16,19). The first kappa shape index (κ1) is 12.0. The lowest BCUT2D eigenvalue weighted by molar-refractivity contribution is -0.125. The van der Waals surface area contributed by atoms with Crippen LogP contribution >= 0.6 is 0 Å². The van der Waals surface area contributed by atoms with Crippen LogP contribution in [0.3, 0.4) is 0 Å². The summed E-state index contributed by atoms with van der Waals surface area (Å²) in [6, 6.07) is 3.89. The molecule has 6 heteroatoms. The highest BCUT2D eigenvalue weighted by Gasteiger charge is 2.35. The SMILES string of the molecule is NC(=O)c1cc(N2CC(C(=O)NC3CC3)C2)ccn1. The van der Waals surface area contributed by atoms with Crippen molar-refractivity contribution in [1.82, 2.24) is 10.3 Å². The van der Waals surface area contributed by atoms with Gasteiger partial charge in [-0.15, -0.1) is 0 Å². The molecule has 2 amide bonds. The second kappa shape index (κ2) is 4.53. The van der Waals surface area contributed by atoms with Crippen molar-refractivity contribution >= 4 is 17.5 Å². The number of nitrogens with one attached hydrogen (secondary N) is 1. The molecule has 2 aliphatic rings. The lowest BCUT2D eigenvalue weighted by atomic mass is 9.98. The molecule has 1 aliphatic carbocycles. The van der Waals surface area contributed by atoms with Crippen LogP contribution in [0.5, 0.6) is 0 Å². The highest BCUT2D eigenvalue weighted by Crippen LogP contribution is 2.26. The Labute approximate surface area is 111 Å². The first-order valence-corrected chi connectivity index (χ1v) is 6.44. The molecule has 1 aromatic rings. The number of hydrogen-bond acceptors (Lipinski definition) is 4. The molecule has 0 bridgehead atoms. The fourth-order valence-corrected chi connectivity index (χ4v) is 2.15. The summed E-state index contributed by atoms with van der Waals surface area (Å²) >= 11 is 0. The summed E-state index contributed by atoms with van der Waals surface area (Å²) in [5.74, 6) is -0.348. The number of hydrogen-bond donors (Lipinski definition) is 2. The smallest absolute Gasteiger partial charge is 0.267 e. The molecule has 0 radical (unpaired) electrons. The Morgan fingerprint density at radius 2 is 2.11 bits per heavy atom. The quantitative estimate of drug-likeness (QED) is 0.791. The molecule has 6 nitrogen and oxygen atoms in total. The predicted molar refractivity (Wildman–Crippen MR) is 69.6 cm³/mol. The van der Waals surface area contributed by atoms with E-state index in [1.807, 2.05) is 11.0 Å². The van der Waals surface area contributed by atoms with Gasteiger partial charge in [-0.2, -0.15) is 0 Å². The maximum atomic E-state index is 11.8. The van der Waals surface area contributed by atoms with E-state index >= 15 is 0 Å². The summed E-state index contributed by atoms with van der Waals surface area (Å²) in [4.78, 5) is 28.8. The second-order valence-electron chi connectivity index (χ2n) is 5.15. The van der Waals surface area contributed by atoms with E-state index in [9.17, 15) is 9.59 Å². The predicted octanol–water partition coefficient (Wildman–Crippen LogP) is -0.105. The van der Waals surface area contributed by atoms with Crippen molar-refractivity contribution in [3.63, 3.8) is 0 Å². The highest BCUT2D eigenvalue weighted by molar-refractivity contribution is 5.91. The first-order chi connectivity index (χ1) is 9.13. The first-order valence-electron chi connectivity index (χ1n) is 6.44. The number of aromatic nitrogens is 1. The van der Waals surface area contributed by atoms with Crippen molar-refractivity contribution in [3.05, 3.63) is 24.0 Å². The van der Waals surface area contributed by atoms with Crippen LogP contribution < -0.4 is 16.0 Å². The van der Waals surface area contributed by atoms with Crippen LogP contribution in [0.15, 0.2) is 18.3 Å². The summed E-state index contributed by atoms with van der Waals surface area (Å²) in [5.41, 5.74) is 6.34. The number of primary amides is 1. The molecule has 0 spiro atoms. The fraction of sp³-hybridized carbons (Fsp3) is 0.462. The van der Waals surface area contributed by atoms with E-state index in [2.05, 4.69) is 10.3 Å². The van der Waals surface area contributed by atoms with Gasteiger partial charge in [0.15, 0.2) is 0 Å². The maximum absolute atomic E-state index is 11.8. The molecule has 1 aliphatic heterocycles. The third-order valence-corrected chi connectivity index (χ3v) is 3.54. The molecule has 100 valence electrons. The molecule has 0 aromatic carbocycles. The van der Waals surface area contributed by atoms with E-state index in [-0.39, 0.29) is 17.5 Å². The Hall–Kier alpha value is -2.11. The van der Waals surface area contributed by atoms with Crippen molar-refractivity contribution in [2.45, 2.75) is 18.9 Å². The Morgan fingerprint density at radius 1 is 1.37 bits per heavy atom. The van der Waals surface area contributed by atoms with Crippen LogP contribution in [0.25, 0.3) is 0 Å². The molecule has 1 aromatic heterocycles. The number of pyridine rings is 1. The number of nitrogens with zero attached hydrogens (tertiary/aromatic N) is 2. The summed E-state index contributed by atoms with van der Waals surface area (Å²) in [5, 5.41) is 3.01. The van der Waals surface area contributed by atoms with Crippen molar-refractivity contribution in [2.24, 2.45) is 11.7 Å². The monoisotopic (exact) mass is 260 g/mol. The van der Waals surface area contributed by atoms with Crippen molar-refractivity contribution < 1.29 is 9.59 Å². The van der Waals surface area contributed by atoms with Gasteiger partial charge in [0.2, 0.25) is 5.91 Å². The van der Waals surface area contributed by atoms with Gasteiger partial charge < -0.3 is 16.0 Å². The summed E-state index contributed by atoms with van der Waals surface area (Å²) in [6.45, 7) is 1.36. The molecular weight excluding hydrogens is 244 g/mol. The Kier molecular flexibility index (Phi) is 2.85. The average Bonchev–Trinajstić information content (AvgIpc) is 3.11. The van der Waals surface area contributed by atoms with E-state index in [0.717, 1.165) is 18.5 Å². The van der Waals surface area contributed by atoms with E-state index in [4.69, 9.17) is 5.73 Å². The molecule has 0 atom stereocenters. The molecule has 3 rings (SSSR count). The van der Waals surface area contributed by atoms with E-state index < -0.39 is 5.91 Å². The Morgan fingerprint density at radius 3 is 2.74 bits per heavy atom. The number of nitrogens with two attached hydrogens (primary N) is 1. The molecule has 1 saturated heterocycles. The van der Waals surface area contributed by atoms with Gasteiger partial charge in [-0.05, 0) is 25.0 Å². The van der Waals surface area contributed by atoms with Crippen LogP contribution in [0.4, 0.5) is 5.69 Å². The maximum Gasteiger partial charge on any atom is 0.267 e. The number of rotatable bonds is 4. The summed E-state index contributed by atoms with van der Waals surface area (Å²) in [6.07, 6.45) is 3.77. The van der Waals surface area contributed by atoms with Crippen molar-refractivity contribution in [2.75, 3.05) is 18.0 Å². The minimum atomic E-state index is -0.537. The summed E-state index contributed by atoms with van der Waals surface area (Å²) < 4.78 is 0. The van der Waals surface area contributed by atoms with Gasteiger partial charge in [-0.1, -0.05) is 0 Å². The minimum Gasteiger partial charge on any atom is -0.370 e. The zero-order valence-corrected chi connectivity index (χ0v) is 10.5. The number of amides is 2. The molecular formula is C13H16N4O2. The fourth-order valence-electron chi connectivity index (χ4n) is 2.15. The van der Waals surface area contributed by atoms with Gasteiger partial charge in [0.1, 0.15) is 5.69 Å². The molecule has 1 saturated carbocycles. The zero-order chi connectivity index (χ0) is 13.4. The normalized spacial score (nSPS) is 18.8. The van der Waals surface area contributed by atoms with E-state index in [1.165, 1.54) is 0 Å².